The highest BCUT2D eigenvalue weighted by molar-refractivity contribution is 6.02. The van der Waals surface area contributed by atoms with Crippen molar-refractivity contribution in [2.75, 3.05) is 13.1 Å². The summed E-state index contributed by atoms with van der Waals surface area (Å²) in [6.07, 6.45) is 6.36. The number of hydrogen-bond donors (Lipinski definition) is 0. The molecule has 172 valence electrons. The van der Waals surface area contributed by atoms with E-state index in [1.165, 1.54) is 0 Å². The largest absolute Gasteiger partial charge is 0.338 e. The quantitative estimate of drug-likeness (QED) is 0.679. The lowest BCUT2D eigenvalue weighted by molar-refractivity contribution is -0.128. The van der Waals surface area contributed by atoms with Crippen LogP contribution in [0.3, 0.4) is 0 Å². The highest BCUT2D eigenvalue weighted by Gasteiger charge is 2.49. The van der Waals surface area contributed by atoms with Crippen LogP contribution in [-0.4, -0.2) is 39.6 Å². The second kappa shape index (κ2) is 8.32. The zero-order valence-corrected chi connectivity index (χ0v) is 19.8. The lowest BCUT2D eigenvalue weighted by Gasteiger charge is -2.45. The van der Waals surface area contributed by atoms with Crippen molar-refractivity contribution < 1.29 is 9.59 Å². The standard InChI is InChI=1S/C28H28N4O2/c1-17-23-12-11-22-24(19-8-5-4-6-9-19)30-27(20-10-7-13-32(16-20)18(2)33)31-26(22)28(23,3)14-21(15-29)25(17)34/h4-6,8-10,14,17,23H,7,11-13,16H2,1-3H3/t17-,23-,28-/m1/s1. The monoisotopic (exact) mass is 452 g/mol. The van der Waals surface area contributed by atoms with E-state index in [2.05, 4.69) is 31.2 Å². The summed E-state index contributed by atoms with van der Waals surface area (Å²) in [5.74, 6) is 0.434. The van der Waals surface area contributed by atoms with Crippen LogP contribution in [0.5, 0.6) is 0 Å². The summed E-state index contributed by atoms with van der Waals surface area (Å²) in [7, 11) is 0. The molecule has 3 atom stereocenters. The Hall–Kier alpha value is -3.59. The van der Waals surface area contributed by atoms with Gasteiger partial charge in [0, 0.05) is 48.0 Å². The smallest absolute Gasteiger partial charge is 0.219 e. The van der Waals surface area contributed by atoms with Crippen molar-refractivity contribution in [3.63, 3.8) is 0 Å². The first-order valence-electron chi connectivity index (χ1n) is 11.9. The molecule has 0 saturated carbocycles. The van der Waals surface area contributed by atoms with Crippen LogP contribution in [0.4, 0.5) is 0 Å². The third-order valence-electron chi connectivity index (χ3n) is 7.77. The van der Waals surface area contributed by atoms with Crippen LogP contribution in [0, 0.1) is 23.2 Å². The molecule has 2 aliphatic carbocycles. The van der Waals surface area contributed by atoms with Crippen LogP contribution in [0.2, 0.25) is 0 Å². The third-order valence-corrected chi connectivity index (χ3v) is 7.77. The van der Waals surface area contributed by atoms with Gasteiger partial charge in [-0.3, -0.25) is 9.59 Å². The Bertz CT molecular complexity index is 1290. The number of rotatable bonds is 2. The Kier molecular flexibility index (Phi) is 5.44. The van der Waals surface area contributed by atoms with E-state index in [0.717, 1.165) is 47.4 Å². The zero-order chi connectivity index (χ0) is 24.0. The lowest BCUT2D eigenvalue weighted by Crippen LogP contribution is -2.46. The molecule has 5 rings (SSSR count). The first-order chi connectivity index (χ1) is 16.3. The maximum Gasteiger partial charge on any atom is 0.219 e. The topological polar surface area (TPSA) is 86.9 Å². The number of hydrogen-bond acceptors (Lipinski definition) is 5. The van der Waals surface area contributed by atoms with Gasteiger partial charge >= 0.3 is 0 Å². The third kappa shape index (κ3) is 3.47. The Morgan fingerprint density at radius 1 is 1.24 bits per heavy atom. The van der Waals surface area contributed by atoms with Gasteiger partial charge in [-0.15, -0.1) is 0 Å². The number of Topliss-reactive ketones (excluding diaryl/α,β-unsaturated/α-hetero) is 1. The molecule has 6 heteroatoms. The predicted octanol–water partition coefficient (Wildman–Crippen LogP) is 4.27. The number of ketones is 1. The second-order valence-corrected chi connectivity index (χ2v) is 9.80. The number of fused-ring (bicyclic) bond motifs is 3. The molecule has 0 unspecified atom stereocenters. The number of allylic oxidation sites excluding steroid dienone is 2. The molecular weight excluding hydrogens is 424 g/mol. The first-order valence-corrected chi connectivity index (χ1v) is 11.9. The van der Waals surface area contributed by atoms with Crippen molar-refractivity contribution in [3.05, 3.63) is 65.1 Å². The van der Waals surface area contributed by atoms with Gasteiger partial charge in [0.1, 0.15) is 6.07 Å². The number of amides is 1. The first kappa shape index (κ1) is 22.2. The van der Waals surface area contributed by atoms with E-state index in [-0.39, 0.29) is 29.1 Å². The SMILES string of the molecule is CC(=O)N1CCC=C(c2nc(-c3ccccc3)c3c(n2)[C@]2(C)C=C(C#N)C(=O)[C@H](C)[C@H]2CC3)C1. The molecule has 0 saturated heterocycles. The normalized spacial score (nSPS) is 26.1. The summed E-state index contributed by atoms with van der Waals surface area (Å²) >= 11 is 0. The van der Waals surface area contributed by atoms with Gasteiger partial charge in [-0.2, -0.15) is 5.26 Å². The van der Waals surface area contributed by atoms with Crippen LogP contribution in [0.25, 0.3) is 16.8 Å². The molecule has 6 nitrogen and oxygen atoms in total. The molecule has 0 fully saturated rings. The predicted molar refractivity (Wildman–Crippen MR) is 129 cm³/mol. The Balaban J connectivity index is 1.74. The molecule has 2 heterocycles. The molecule has 0 bridgehead atoms. The zero-order valence-electron chi connectivity index (χ0n) is 19.8. The van der Waals surface area contributed by atoms with Gasteiger partial charge in [-0.05, 0) is 25.2 Å². The minimum atomic E-state index is -0.539. The van der Waals surface area contributed by atoms with Crippen LogP contribution in [0.1, 0.15) is 50.7 Å². The van der Waals surface area contributed by atoms with E-state index < -0.39 is 5.41 Å². The van der Waals surface area contributed by atoms with Crippen LogP contribution in [-0.2, 0) is 21.4 Å². The Morgan fingerprint density at radius 2 is 2.00 bits per heavy atom. The van der Waals surface area contributed by atoms with Gasteiger partial charge < -0.3 is 4.90 Å². The molecule has 1 aromatic heterocycles. The summed E-state index contributed by atoms with van der Waals surface area (Å²) in [4.78, 5) is 36.8. The van der Waals surface area contributed by atoms with E-state index >= 15 is 0 Å². The van der Waals surface area contributed by atoms with Crippen LogP contribution in [0.15, 0.2) is 48.1 Å². The molecule has 0 radical (unpaired) electrons. The number of nitrogens with zero attached hydrogens (tertiary/aromatic N) is 4. The molecule has 2 aromatic rings. The Labute approximate surface area is 200 Å². The highest BCUT2D eigenvalue weighted by Crippen LogP contribution is 2.50. The number of carbonyl (C=O) groups excluding carboxylic acids is 2. The highest BCUT2D eigenvalue weighted by atomic mass is 16.2. The van der Waals surface area contributed by atoms with E-state index in [0.29, 0.717) is 18.9 Å². The molecule has 34 heavy (non-hydrogen) atoms. The van der Waals surface area contributed by atoms with Gasteiger partial charge in [0.05, 0.1) is 17.0 Å². The molecule has 0 N–H and O–H groups in total. The fourth-order valence-electron chi connectivity index (χ4n) is 5.93. The summed E-state index contributed by atoms with van der Waals surface area (Å²) in [6.45, 7) is 6.82. The molecule has 3 aliphatic rings. The molecule has 0 spiro atoms. The van der Waals surface area contributed by atoms with Gasteiger partial charge in [0.2, 0.25) is 5.91 Å². The average molecular weight is 453 g/mol. The maximum absolute atomic E-state index is 12.8. The van der Waals surface area contributed by atoms with E-state index in [1.807, 2.05) is 36.1 Å². The fourth-order valence-corrected chi connectivity index (χ4v) is 5.93. The number of carbonyl (C=O) groups is 2. The summed E-state index contributed by atoms with van der Waals surface area (Å²) in [5.41, 5.74) is 4.54. The Morgan fingerprint density at radius 3 is 2.71 bits per heavy atom. The van der Waals surface area contributed by atoms with Crippen molar-refractivity contribution in [2.24, 2.45) is 11.8 Å². The molecule has 1 aromatic carbocycles. The van der Waals surface area contributed by atoms with Gasteiger partial charge in [0.15, 0.2) is 11.6 Å². The average Bonchev–Trinajstić information content (AvgIpc) is 2.86. The van der Waals surface area contributed by atoms with E-state index in [1.54, 1.807) is 6.92 Å². The van der Waals surface area contributed by atoms with Gasteiger partial charge in [-0.1, -0.05) is 56.3 Å². The minimum Gasteiger partial charge on any atom is -0.338 e. The molecule has 1 aliphatic heterocycles. The van der Waals surface area contributed by atoms with Crippen LogP contribution >= 0.6 is 0 Å². The molecular formula is C28H28N4O2. The van der Waals surface area contributed by atoms with Crippen molar-refractivity contribution in [3.8, 4) is 17.3 Å². The lowest BCUT2D eigenvalue weighted by atomic mass is 9.57. The summed E-state index contributed by atoms with van der Waals surface area (Å²) < 4.78 is 0. The number of nitriles is 1. The molecule has 1 amide bonds. The van der Waals surface area contributed by atoms with Gasteiger partial charge in [-0.25, -0.2) is 9.97 Å². The summed E-state index contributed by atoms with van der Waals surface area (Å²) in [6, 6.07) is 12.2. The van der Waals surface area contributed by atoms with Crippen LogP contribution < -0.4 is 0 Å². The van der Waals surface area contributed by atoms with E-state index in [4.69, 9.17) is 9.97 Å². The second-order valence-electron chi connectivity index (χ2n) is 9.80. The minimum absolute atomic E-state index is 0.0417. The maximum atomic E-state index is 12.8. The van der Waals surface area contributed by atoms with E-state index in [9.17, 15) is 14.9 Å². The number of aromatic nitrogens is 2. The number of benzene rings is 1. The van der Waals surface area contributed by atoms with Crippen molar-refractivity contribution >= 4 is 17.3 Å². The van der Waals surface area contributed by atoms with Crippen molar-refractivity contribution in [1.29, 1.82) is 5.26 Å². The van der Waals surface area contributed by atoms with Crippen molar-refractivity contribution in [1.82, 2.24) is 14.9 Å². The summed E-state index contributed by atoms with van der Waals surface area (Å²) in [5, 5.41) is 9.69. The van der Waals surface area contributed by atoms with Crippen molar-refractivity contribution in [2.45, 2.75) is 45.4 Å². The fraction of sp³-hybridized carbons (Fsp3) is 0.393. The van der Waals surface area contributed by atoms with Gasteiger partial charge in [0.25, 0.3) is 0 Å².